The molecule has 1 atom stereocenters. The molecular weight excluding hydrogens is 162 g/mol. The van der Waals surface area contributed by atoms with Gasteiger partial charge in [-0.25, -0.2) is 0 Å². The topological polar surface area (TPSA) is 43.1 Å². The van der Waals surface area contributed by atoms with Gasteiger partial charge in [0.25, 0.3) is 0 Å². The van der Waals surface area contributed by atoms with Crippen molar-refractivity contribution < 1.29 is 4.79 Å². The fourth-order valence-corrected chi connectivity index (χ4v) is 1.17. The molecule has 0 aliphatic rings. The third-order valence-corrected chi connectivity index (χ3v) is 2.12. The molecule has 0 bridgehead atoms. The number of hydrogen-bond donors (Lipinski definition) is 1. The van der Waals surface area contributed by atoms with E-state index < -0.39 is 0 Å². The third kappa shape index (κ3) is 7.55. The van der Waals surface area contributed by atoms with E-state index >= 15 is 0 Å². The van der Waals surface area contributed by atoms with Crippen LogP contribution >= 0.6 is 0 Å². The Balaban J connectivity index is 3.41. The molecule has 0 rings (SSSR count). The summed E-state index contributed by atoms with van der Waals surface area (Å²) in [5.41, 5.74) is 5.40. The standard InChI is InChI=1S/C11H19NO/c1-3-4-5-11(13)7-6-10(2)8-9-12/h1,10H,4-9,12H2,2H3. The van der Waals surface area contributed by atoms with Crippen LogP contribution in [-0.4, -0.2) is 12.3 Å². The average Bonchev–Trinajstić information content (AvgIpc) is 2.12. The van der Waals surface area contributed by atoms with E-state index in [9.17, 15) is 4.79 Å². The molecule has 0 spiro atoms. The van der Waals surface area contributed by atoms with E-state index in [1.54, 1.807) is 0 Å². The van der Waals surface area contributed by atoms with Crippen LogP contribution in [0.2, 0.25) is 0 Å². The Morgan fingerprint density at radius 3 is 2.69 bits per heavy atom. The molecular formula is C11H19NO. The first-order valence-electron chi connectivity index (χ1n) is 4.86. The van der Waals surface area contributed by atoms with Gasteiger partial charge in [-0.3, -0.25) is 4.79 Å². The molecule has 0 radical (unpaired) electrons. The van der Waals surface area contributed by atoms with Gasteiger partial charge in [-0.15, -0.1) is 12.3 Å². The third-order valence-electron chi connectivity index (χ3n) is 2.12. The van der Waals surface area contributed by atoms with Gasteiger partial charge < -0.3 is 5.73 Å². The molecule has 0 aliphatic carbocycles. The number of terminal acetylenes is 1. The van der Waals surface area contributed by atoms with Crippen LogP contribution in [0.15, 0.2) is 0 Å². The Morgan fingerprint density at radius 2 is 2.15 bits per heavy atom. The van der Waals surface area contributed by atoms with Crippen molar-refractivity contribution in [3.8, 4) is 12.3 Å². The molecule has 0 heterocycles. The molecule has 0 aromatic heterocycles. The maximum atomic E-state index is 11.2. The Hall–Kier alpha value is -0.810. The molecule has 0 saturated carbocycles. The van der Waals surface area contributed by atoms with E-state index in [1.807, 2.05) is 0 Å². The summed E-state index contributed by atoms with van der Waals surface area (Å²) < 4.78 is 0. The van der Waals surface area contributed by atoms with Crippen LogP contribution in [0.3, 0.4) is 0 Å². The lowest BCUT2D eigenvalue weighted by Crippen LogP contribution is -2.07. The first kappa shape index (κ1) is 12.2. The van der Waals surface area contributed by atoms with Crippen molar-refractivity contribution in [2.24, 2.45) is 11.7 Å². The molecule has 0 aliphatic heterocycles. The van der Waals surface area contributed by atoms with E-state index in [1.165, 1.54) is 0 Å². The molecule has 1 unspecified atom stereocenters. The molecule has 13 heavy (non-hydrogen) atoms. The molecule has 2 N–H and O–H groups in total. The van der Waals surface area contributed by atoms with Crippen molar-refractivity contribution in [3.63, 3.8) is 0 Å². The van der Waals surface area contributed by atoms with Gasteiger partial charge in [0.1, 0.15) is 5.78 Å². The van der Waals surface area contributed by atoms with Gasteiger partial charge in [-0.05, 0) is 25.3 Å². The molecule has 2 heteroatoms. The number of carbonyl (C=O) groups is 1. The second-order valence-electron chi connectivity index (χ2n) is 3.46. The van der Waals surface area contributed by atoms with Gasteiger partial charge in [0.2, 0.25) is 0 Å². The highest BCUT2D eigenvalue weighted by atomic mass is 16.1. The highest BCUT2D eigenvalue weighted by Crippen LogP contribution is 2.10. The second kappa shape index (κ2) is 7.82. The number of hydrogen-bond acceptors (Lipinski definition) is 2. The smallest absolute Gasteiger partial charge is 0.133 e. The van der Waals surface area contributed by atoms with Gasteiger partial charge in [0, 0.05) is 19.3 Å². The lowest BCUT2D eigenvalue weighted by Gasteiger charge is -2.07. The van der Waals surface area contributed by atoms with Crippen LogP contribution in [0.25, 0.3) is 0 Å². The van der Waals surface area contributed by atoms with Crippen LogP contribution < -0.4 is 5.73 Å². The number of carbonyl (C=O) groups excluding carboxylic acids is 1. The van der Waals surface area contributed by atoms with Crippen molar-refractivity contribution >= 4 is 5.78 Å². The second-order valence-corrected chi connectivity index (χ2v) is 3.46. The van der Waals surface area contributed by atoms with E-state index in [2.05, 4.69) is 12.8 Å². The molecule has 0 amide bonds. The van der Waals surface area contributed by atoms with Gasteiger partial charge in [0.05, 0.1) is 0 Å². The van der Waals surface area contributed by atoms with Crippen LogP contribution in [0.5, 0.6) is 0 Å². The lowest BCUT2D eigenvalue weighted by molar-refractivity contribution is -0.119. The van der Waals surface area contributed by atoms with Crippen molar-refractivity contribution in [1.82, 2.24) is 0 Å². The van der Waals surface area contributed by atoms with Crippen LogP contribution in [0.1, 0.15) is 39.0 Å². The Labute approximate surface area is 80.9 Å². The number of rotatable bonds is 7. The van der Waals surface area contributed by atoms with Crippen molar-refractivity contribution in [3.05, 3.63) is 0 Å². The molecule has 2 nitrogen and oxygen atoms in total. The summed E-state index contributed by atoms with van der Waals surface area (Å²) in [6.07, 6.45) is 8.77. The van der Waals surface area contributed by atoms with E-state index in [4.69, 9.17) is 12.2 Å². The zero-order valence-electron chi connectivity index (χ0n) is 8.38. The normalized spacial score (nSPS) is 12.1. The Bertz CT molecular complexity index is 181. The monoisotopic (exact) mass is 181 g/mol. The average molecular weight is 181 g/mol. The van der Waals surface area contributed by atoms with Gasteiger partial charge in [0.15, 0.2) is 0 Å². The van der Waals surface area contributed by atoms with Gasteiger partial charge in [-0.2, -0.15) is 0 Å². The summed E-state index contributed by atoms with van der Waals surface area (Å²) in [5, 5.41) is 0. The zero-order valence-corrected chi connectivity index (χ0v) is 8.38. The van der Waals surface area contributed by atoms with Crippen LogP contribution in [0, 0.1) is 18.3 Å². The van der Waals surface area contributed by atoms with E-state index in [0.717, 1.165) is 12.8 Å². The molecule has 0 fully saturated rings. The summed E-state index contributed by atoms with van der Waals surface area (Å²) in [7, 11) is 0. The fraction of sp³-hybridized carbons (Fsp3) is 0.727. The highest BCUT2D eigenvalue weighted by molar-refractivity contribution is 5.78. The van der Waals surface area contributed by atoms with Crippen LogP contribution in [-0.2, 0) is 4.79 Å². The maximum absolute atomic E-state index is 11.2. The SMILES string of the molecule is C#CCCC(=O)CCC(C)CCN. The quantitative estimate of drug-likeness (QED) is 0.608. The summed E-state index contributed by atoms with van der Waals surface area (Å²) >= 11 is 0. The zero-order chi connectivity index (χ0) is 10.1. The molecule has 0 aromatic rings. The number of Topliss-reactive ketones (excluding diaryl/α,β-unsaturated/α-hetero) is 1. The number of nitrogens with two attached hydrogens (primary N) is 1. The minimum atomic E-state index is 0.279. The number of ketones is 1. The van der Waals surface area contributed by atoms with Gasteiger partial charge >= 0.3 is 0 Å². The predicted octanol–water partition coefficient (Wildman–Crippen LogP) is 1.73. The van der Waals surface area contributed by atoms with Gasteiger partial charge in [-0.1, -0.05) is 6.92 Å². The Morgan fingerprint density at radius 1 is 1.46 bits per heavy atom. The van der Waals surface area contributed by atoms with E-state index in [-0.39, 0.29) is 5.78 Å². The summed E-state index contributed by atoms with van der Waals surface area (Å²) in [6.45, 7) is 2.83. The van der Waals surface area contributed by atoms with Crippen LogP contribution in [0.4, 0.5) is 0 Å². The fourth-order valence-electron chi connectivity index (χ4n) is 1.17. The minimum Gasteiger partial charge on any atom is -0.330 e. The minimum absolute atomic E-state index is 0.279. The Kier molecular flexibility index (Phi) is 7.33. The lowest BCUT2D eigenvalue weighted by atomic mass is 9.99. The largest absolute Gasteiger partial charge is 0.330 e. The summed E-state index contributed by atoms with van der Waals surface area (Å²) in [6, 6.07) is 0. The van der Waals surface area contributed by atoms with E-state index in [0.29, 0.717) is 31.7 Å². The first-order valence-corrected chi connectivity index (χ1v) is 4.86. The first-order chi connectivity index (χ1) is 6.20. The molecule has 0 aromatic carbocycles. The molecule has 0 saturated heterocycles. The summed E-state index contributed by atoms with van der Waals surface area (Å²) in [4.78, 5) is 11.2. The van der Waals surface area contributed by atoms with Crippen molar-refractivity contribution in [1.29, 1.82) is 0 Å². The summed E-state index contributed by atoms with van der Waals surface area (Å²) in [5.74, 6) is 3.31. The predicted molar refractivity (Wildman–Crippen MR) is 55.1 cm³/mol. The van der Waals surface area contributed by atoms with Crippen molar-refractivity contribution in [2.75, 3.05) is 6.54 Å². The van der Waals surface area contributed by atoms with Crippen molar-refractivity contribution in [2.45, 2.75) is 39.0 Å². The molecule has 74 valence electrons. The highest BCUT2D eigenvalue weighted by Gasteiger charge is 2.05. The maximum Gasteiger partial charge on any atom is 0.133 e.